The first-order valence-electron chi connectivity index (χ1n) is 8.19. The lowest BCUT2D eigenvalue weighted by Gasteiger charge is -2.12. The standard InChI is InChI=1S/C16H19N7O2S/c1-5-22-14(24)11(15(25)23(6-2)16(22)26)18-20-13-10-8(3)7-9(4)17-12(10)19-21-13/h7,24H,5-6H2,1-4H3,(H,17,19,21). The molecule has 0 spiro atoms. The molecule has 3 rings (SSSR count). The second-order valence-corrected chi connectivity index (χ2v) is 6.16. The minimum Gasteiger partial charge on any atom is -0.493 e. The first kappa shape index (κ1) is 17.9. The van der Waals surface area contributed by atoms with Gasteiger partial charge in [0.2, 0.25) is 11.6 Å². The molecule has 0 atom stereocenters. The third-order valence-electron chi connectivity index (χ3n) is 4.09. The number of aryl methyl sites for hydroxylation is 2. The number of H-pyrrole nitrogens is 1. The van der Waals surface area contributed by atoms with Crippen molar-refractivity contribution in [3.63, 3.8) is 0 Å². The zero-order valence-corrected chi connectivity index (χ0v) is 15.8. The number of hydrogen-bond acceptors (Lipinski definition) is 7. The lowest BCUT2D eigenvalue weighted by atomic mass is 10.2. The molecule has 3 aromatic rings. The molecule has 0 saturated carbocycles. The second-order valence-electron chi connectivity index (χ2n) is 5.80. The van der Waals surface area contributed by atoms with Crippen molar-refractivity contribution in [2.45, 2.75) is 40.8 Å². The van der Waals surface area contributed by atoms with Crippen molar-refractivity contribution in [2.24, 2.45) is 10.2 Å². The number of fused-ring (bicyclic) bond motifs is 1. The van der Waals surface area contributed by atoms with Crippen LogP contribution in [0.3, 0.4) is 0 Å². The van der Waals surface area contributed by atoms with Gasteiger partial charge in [-0.3, -0.25) is 19.0 Å². The summed E-state index contributed by atoms with van der Waals surface area (Å²) in [5.74, 6) is 0.0720. The van der Waals surface area contributed by atoms with Crippen LogP contribution in [-0.4, -0.2) is 29.4 Å². The second kappa shape index (κ2) is 6.79. The Hall–Kier alpha value is -2.88. The Kier molecular flexibility index (Phi) is 4.68. The lowest BCUT2D eigenvalue weighted by Crippen LogP contribution is -2.24. The van der Waals surface area contributed by atoms with Crippen molar-refractivity contribution in [3.05, 3.63) is 32.4 Å². The number of nitrogens with zero attached hydrogens (tertiary/aromatic N) is 6. The summed E-state index contributed by atoms with van der Waals surface area (Å²) >= 11 is 5.25. The first-order chi connectivity index (χ1) is 12.4. The summed E-state index contributed by atoms with van der Waals surface area (Å²) in [6.45, 7) is 8.20. The molecule has 0 radical (unpaired) electrons. The van der Waals surface area contributed by atoms with E-state index >= 15 is 0 Å². The molecule has 3 aromatic heterocycles. The van der Waals surface area contributed by atoms with E-state index in [1.807, 2.05) is 26.8 Å². The summed E-state index contributed by atoms with van der Waals surface area (Å²) in [4.78, 5) is 16.9. The monoisotopic (exact) mass is 373 g/mol. The minimum absolute atomic E-state index is 0.164. The maximum atomic E-state index is 12.6. The number of hydrogen-bond donors (Lipinski definition) is 2. The lowest BCUT2D eigenvalue weighted by molar-refractivity contribution is 0.402. The van der Waals surface area contributed by atoms with Gasteiger partial charge < -0.3 is 5.11 Å². The van der Waals surface area contributed by atoms with Crippen molar-refractivity contribution in [1.29, 1.82) is 0 Å². The number of pyridine rings is 1. The van der Waals surface area contributed by atoms with Gasteiger partial charge in [-0.05, 0) is 51.5 Å². The summed E-state index contributed by atoms with van der Waals surface area (Å²) in [6, 6.07) is 1.91. The first-order valence-corrected chi connectivity index (χ1v) is 8.60. The van der Waals surface area contributed by atoms with E-state index in [4.69, 9.17) is 12.2 Å². The van der Waals surface area contributed by atoms with Gasteiger partial charge in [0, 0.05) is 18.8 Å². The summed E-state index contributed by atoms with van der Waals surface area (Å²) in [6.07, 6.45) is 0. The fourth-order valence-electron chi connectivity index (χ4n) is 2.85. The highest BCUT2D eigenvalue weighted by molar-refractivity contribution is 7.71. The van der Waals surface area contributed by atoms with Gasteiger partial charge in [0.05, 0.1) is 5.39 Å². The van der Waals surface area contributed by atoms with Crippen LogP contribution in [-0.2, 0) is 13.1 Å². The van der Waals surface area contributed by atoms with Crippen molar-refractivity contribution >= 4 is 34.8 Å². The molecule has 0 saturated heterocycles. The zero-order chi connectivity index (χ0) is 19.0. The summed E-state index contributed by atoms with van der Waals surface area (Å²) in [5, 5.41) is 26.1. The van der Waals surface area contributed by atoms with Gasteiger partial charge in [0.1, 0.15) is 0 Å². The van der Waals surface area contributed by atoms with Crippen molar-refractivity contribution in [3.8, 4) is 5.88 Å². The number of aromatic amines is 1. The smallest absolute Gasteiger partial charge is 0.286 e. The summed E-state index contributed by atoms with van der Waals surface area (Å²) in [5.41, 5.74) is 1.66. The average molecular weight is 373 g/mol. The molecular weight excluding hydrogens is 354 g/mol. The Balaban J connectivity index is 2.19. The van der Waals surface area contributed by atoms with Crippen LogP contribution in [0.5, 0.6) is 5.88 Å². The van der Waals surface area contributed by atoms with Gasteiger partial charge in [0.25, 0.3) is 5.56 Å². The van der Waals surface area contributed by atoms with E-state index in [-0.39, 0.29) is 16.3 Å². The van der Waals surface area contributed by atoms with E-state index in [0.717, 1.165) is 16.6 Å². The summed E-state index contributed by atoms with van der Waals surface area (Å²) < 4.78 is 3.06. The van der Waals surface area contributed by atoms with Crippen LogP contribution in [0.2, 0.25) is 0 Å². The maximum Gasteiger partial charge on any atom is 0.286 e. The molecule has 10 heteroatoms. The van der Waals surface area contributed by atoms with Gasteiger partial charge in [-0.2, -0.15) is 5.10 Å². The average Bonchev–Trinajstić information content (AvgIpc) is 2.98. The number of rotatable bonds is 4. The predicted octanol–water partition coefficient (Wildman–Crippen LogP) is 3.43. The molecule has 9 nitrogen and oxygen atoms in total. The Morgan fingerprint density at radius 1 is 1.23 bits per heavy atom. The predicted molar refractivity (Wildman–Crippen MR) is 100 cm³/mol. The van der Waals surface area contributed by atoms with E-state index in [9.17, 15) is 9.90 Å². The van der Waals surface area contributed by atoms with Crippen LogP contribution in [0.25, 0.3) is 11.0 Å². The Morgan fingerprint density at radius 3 is 2.58 bits per heavy atom. The van der Waals surface area contributed by atoms with Crippen molar-refractivity contribution < 1.29 is 5.11 Å². The van der Waals surface area contributed by atoms with Crippen LogP contribution in [0.4, 0.5) is 11.5 Å². The van der Waals surface area contributed by atoms with Gasteiger partial charge >= 0.3 is 0 Å². The molecule has 0 aliphatic heterocycles. The molecule has 136 valence electrons. The third-order valence-corrected chi connectivity index (χ3v) is 4.53. The number of aromatic hydroxyl groups is 1. The maximum absolute atomic E-state index is 12.6. The molecular formula is C16H19N7O2S. The van der Waals surface area contributed by atoms with E-state index in [2.05, 4.69) is 25.4 Å². The summed E-state index contributed by atoms with van der Waals surface area (Å²) in [7, 11) is 0. The van der Waals surface area contributed by atoms with Gasteiger partial charge in [-0.25, -0.2) is 4.98 Å². The Morgan fingerprint density at radius 2 is 1.92 bits per heavy atom. The molecule has 3 heterocycles. The fraction of sp³-hybridized carbons (Fsp3) is 0.375. The van der Waals surface area contributed by atoms with Crippen LogP contribution in [0.15, 0.2) is 21.1 Å². The number of aromatic nitrogens is 5. The fourth-order valence-corrected chi connectivity index (χ4v) is 3.28. The number of azo groups is 1. The van der Waals surface area contributed by atoms with Crippen LogP contribution in [0.1, 0.15) is 25.1 Å². The van der Waals surface area contributed by atoms with Crippen LogP contribution >= 0.6 is 12.2 Å². The largest absolute Gasteiger partial charge is 0.493 e. The number of nitrogens with one attached hydrogen (secondary N) is 1. The molecule has 0 amide bonds. The van der Waals surface area contributed by atoms with Crippen molar-refractivity contribution in [1.82, 2.24) is 24.3 Å². The van der Waals surface area contributed by atoms with E-state index in [1.165, 1.54) is 9.13 Å². The highest BCUT2D eigenvalue weighted by atomic mass is 32.1. The van der Waals surface area contributed by atoms with E-state index in [0.29, 0.717) is 24.6 Å². The van der Waals surface area contributed by atoms with Crippen LogP contribution < -0.4 is 5.56 Å². The van der Waals surface area contributed by atoms with E-state index in [1.54, 1.807) is 6.92 Å². The van der Waals surface area contributed by atoms with Gasteiger partial charge in [0.15, 0.2) is 16.2 Å². The van der Waals surface area contributed by atoms with Crippen LogP contribution in [0, 0.1) is 18.6 Å². The SMILES string of the molecule is CCn1c(O)c(N=Nc2[nH]nc3nc(C)cc(C)c23)c(=O)n(CC)c1=S. The van der Waals surface area contributed by atoms with E-state index < -0.39 is 5.56 Å². The molecule has 2 N–H and O–H groups in total. The Labute approximate surface area is 154 Å². The van der Waals surface area contributed by atoms with Gasteiger partial charge in [-0.1, -0.05) is 0 Å². The highest BCUT2D eigenvalue weighted by Gasteiger charge is 2.16. The molecule has 26 heavy (non-hydrogen) atoms. The highest BCUT2D eigenvalue weighted by Crippen LogP contribution is 2.29. The zero-order valence-electron chi connectivity index (χ0n) is 14.9. The minimum atomic E-state index is -0.488. The normalized spacial score (nSPS) is 11.7. The van der Waals surface area contributed by atoms with Gasteiger partial charge in [-0.15, -0.1) is 10.2 Å². The quantitative estimate of drug-likeness (QED) is 0.537. The molecule has 0 unspecified atom stereocenters. The molecule has 0 aliphatic carbocycles. The Bertz CT molecular complexity index is 1140. The topological polar surface area (TPSA) is 113 Å². The molecule has 0 aromatic carbocycles. The third kappa shape index (κ3) is 2.81. The van der Waals surface area contributed by atoms with Crippen molar-refractivity contribution in [2.75, 3.05) is 0 Å². The molecule has 0 bridgehead atoms. The molecule has 0 fully saturated rings. The molecule has 0 aliphatic rings.